The number of methoxy groups -OCH3 is 1. The fourth-order valence-electron chi connectivity index (χ4n) is 3.05. The summed E-state index contributed by atoms with van der Waals surface area (Å²) in [6.45, 7) is 5.35. The predicted molar refractivity (Wildman–Crippen MR) is 87.8 cm³/mol. The van der Waals surface area contributed by atoms with Gasteiger partial charge in [0.25, 0.3) is 0 Å². The smallest absolute Gasteiger partial charge is 0.124 e. The fourth-order valence-corrected chi connectivity index (χ4v) is 4.40. The van der Waals surface area contributed by atoms with Crippen LogP contribution in [0.2, 0.25) is 0 Å². The van der Waals surface area contributed by atoms with Crippen molar-refractivity contribution in [2.24, 2.45) is 5.92 Å². The first kappa shape index (κ1) is 15.7. The Morgan fingerprint density at radius 2 is 2.10 bits per heavy atom. The van der Waals surface area contributed by atoms with Gasteiger partial charge in [0.2, 0.25) is 0 Å². The Bertz CT molecular complexity index is 415. The molecule has 1 atom stereocenters. The molecule has 0 bridgehead atoms. The molecule has 1 N–H and O–H groups in total. The summed E-state index contributed by atoms with van der Waals surface area (Å²) in [5, 5.41) is 3.51. The zero-order valence-electron chi connectivity index (χ0n) is 12.9. The first-order chi connectivity index (χ1) is 9.76. The van der Waals surface area contributed by atoms with E-state index in [9.17, 15) is 0 Å². The Morgan fingerprint density at radius 3 is 2.75 bits per heavy atom. The monoisotopic (exact) mass is 293 g/mol. The maximum absolute atomic E-state index is 5.57. The zero-order chi connectivity index (χ0) is 14.4. The van der Waals surface area contributed by atoms with Crippen LogP contribution < -0.4 is 10.1 Å². The molecular formula is C17H27NOS. The van der Waals surface area contributed by atoms with Crippen molar-refractivity contribution < 1.29 is 4.74 Å². The molecule has 1 aromatic carbocycles. The number of thioether (sulfide) groups is 1. The van der Waals surface area contributed by atoms with Crippen LogP contribution in [-0.2, 0) is 0 Å². The molecule has 1 aliphatic carbocycles. The predicted octanol–water partition coefficient (Wildman–Crippen LogP) is 4.65. The largest absolute Gasteiger partial charge is 0.496 e. The molecule has 1 aliphatic rings. The quantitative estimate of drug-likeness (QED) is 0.740. The average Bonchev–Trinajstić information content (AvgIpc) is 2.98. The SMILES string of the molecule is CCNC(C)c1c(OC)cccc1SCC1CCCC1. The number of hydrogen-bond acceptors (Lipinski definition) is 3. The van der Waals surface area contributed by atoms with E-state index in [-0.39, 0.29) is 0 Å². The van der Waals surface area contributed by atoms with Gasteiger partial charge in [0.1, 0.15) is 5.75 Å². The van der Waals surface area contributed by atoms with Crippen molar-refractivity contribution in [1.29, 1.82) is 0 Å². The summed E-state index contributed by atoms with van der Waals surface area (Å²) in [6, 6.07) is 6.76. The van der Waals surface area contributed by atoms with Crippen molar-refractivity contribution >= 4 is 11.8 Å². The lowest BCUT2D eigenvalue weighted by Crippen LogP contribution is -2.19. The highest BCUT2D eigenvalue weighted by Crippen LogP contribution is 2.37. The van der Waals surface area contributed by atoms with Gasteiger partial charge < -0.3 is 10.1 Å². The minimum absolute atomic E-state index is 0.335. The van der Waals surface area contributed by atoms with Crippen LogP contribution in [0.25, 0.3) is 0 Å². The van der Waals surface area contributed by atoms with Crippen LogP contribution in [0.4, 0.5) is 0 Å². The molecule has 1 fully saturated rings. The molecule has 1 saturated carbocycles. The highest BCUT2D eigenvalue weighted by molar-refractivity contribution is 7.99. The first-order valence-corrected chi connectivity index (χ1v) is 8.77. The van der Waals surface area contributed by atoms with Gasteiger partial charge in [-0.1, -0.05) is 25.8 Å². The molecule has 1 unspecified atom stereocenters. The average molecular weight is 293 g/mol. The van der Waals surface area contributed by atoms with Crippen LogP contribution in [0.3, 0.4) is 0 Å². The number of benzene rings is 1. The lowest BCUT2D eigenvalue weighted by Gasteiger charge is -2.20. The second-order valence-electron chi connectivity index (χ2n) is 5.61. The number of rotatable bonds is 7. The van der Waals surface area contributed by atoms with Crippen LogP contribution >= 0.6 is 11.8 Å². The molecule has 2 rings (SSSR count). The van der Waals surface area contributed by atoms with E-state index in [1.54, 1.807) is 7.11 Å². The standard InChI is InChI=1S/C17H27NOS/c1-4-18-13(2)17-15(19-3)10-7-11-16(17)20-12-14-8-5-6-9-14/h7,10-11,13-14,18H,4-6,8-9,12H2,1-3H3. The van der Waals surface area contributed by atoms with Crippen LogP contribution in [0.1, 0.15) is 51.1 Å². The number of hydrogen-bond donors (Lipinski definition) is 1. The molecule has 0 radical (unpaired) electrons. The minimum Gasteiger partial charge on any atom is -0.496 e. The van der Waals surface area contributed by atoms with E-state index in [2.05, 4.69) is 37.4 Å². The van der Waals surface area contributed by atoms with Gasteiger partial charge in [-0.3, -0.25) is 0 Å². The zero-order valence-corrected chi connectivity index (χ0v) is 13.8. The van der Waals surface area contributed by atoms with Crippen molar-refractivity contribution in [3.05, 3.63) is 23.8 Å². The second kappa shape index (κ2) is 7.94. The first-order valence-electron chi connectivity index (χ1n) is 7.79. The van der Waals surface area contributed by atoms with Crippen LogP contribution in [0, 0.1) is 5.92 Å². The topological polar surface area (TPSA) is 21.3 Å². The summed E-state index contributed by atoms with van der Waals surface area (Å²) in [6.07, 6.45) is 5.66. The minimum atomic E-state index is 0.335. The van der Waals surface area contributed by atoms with Crippen molar-refractivity contribution in [2.45, 2.75) is 50.5 Å². The highest BCUT2D eigenvalue weighted by Gasteiger charge is 2.19. The fraction of sp³-hybridized carbons (Fsp3) is 0.647. The molecule has 20 heavy (non-hydrogen) atoms. The normalized spacial score (nSPS) is 17.4. The molecule has 0 spiro atoms. The molecule has 0 aliphatic heterocycles. The van der Waals surface area contributed by atoms with Crippen LogP contribution in [0.5, 0.6) is 5.75 Å². The summed E-state index contributed by atoms with van der Waals surface area (Å²) in [5.41, 5.74) is 1.32. The Morgan fingerprint density at radius 1 is 1.35 bits per heavy atom. The Balaban J connectivity index is 2.12. The molecule has 0 saturated heterocycles. The van der Waals surface area contributed by atoms with E-state index in [4.69, 9.17) is 4.74 Å². The van der Waals surface area contributed by atoms with Gasteiger partial charge in [0.15, 0.2) is 0 Å². The van der Waals surface area contributed by atoms with Gasteiger partial charge in [-0.15, -0.1) is 11.8 Å². The third-order valence-electron chi connectivity index (χ3n) is 4.14. The lowest BCUT2D eigenvalue weighted by atomic mass is 10.1. The van der Waals surface area contributed by atoms with Gasteiger partial charge in [-0.2, -0.15) is 0 Å². The summed E-state index contributed by atoms with van der Waals surface area (Å²) >= 11 is 2.01. The van der Waals surface area contributed by atoms with Crippen LogP contribution in [-0.4, -0.2) is 19.4 Å². The van der Waals surface area contributed by atoms with E-state index < -0.39 is 0 Å². The molecule has 0 heterocycles. The number of nitrogens with one attached hydrogen (secondary N) is 1. The Kier molecular flexibility index (Phi) is 6.24. The van der Waals surface area contributed by atoms with E-state index >= 15 is 0 Å². The summed E-state index contributed by atoms with van der Waals surface area (Å²) < 4.78 is 5.57. The van der Waals surface area contributed by atoms with Gasteiger partial charge in [-0.05, 0) is 44.4 Å². The third-order valence-corrected chi connectivity index (χ3v) is 5.44. The molecule has 2 nitrogen and oxygen atoms in total. The third kappa shape index (κ3) is 3.92. The van der Waals surface area contributed by atoms with Crippen molar-refractivity contribution in [1.82, 2.24) is 5.32 Å². The van der Waals surface area contributed by atoms with Crippen molar-refractivity contribution in [3.63, 3.8) is 0 Å². The van der Waals surface area contributed by atoms with E-state index in [0.29, 0.717) is 6.04 Å². The second-order valence-corrected chi connectivity index (χ2v) is 6.67. The van der Waals surface area contributed by atoms with Crippen molar-refractivity contribution in [3.8, 4) is 5.75 Å². The number of ether oxygens (including phenoxy) is 1. The summed E-state index contributed by atoms with van der Waals surface area (Å²) in [7, 11) is 1.77. The molecule has 3 heteroatoms. The van der Waals surface area contributed by atoms with E-state index in [1.807, 2.05) is 11.8 Å². The highest BCUT2D eigenvalue weighted by atomic mass is 32.2. The maximum Gasteiger partial charge on any atom is 0.124 e. The van der Waals surface area contributed by atoms with E-state index in [0.717, 1.165) is 18.2 Å². The van der Waals surface area contributed by atoms with Gasteiger partial charge in [0, 0.05) is 22.3 Å². The lowest BCUT2D eigenvalue weighted by molar-refractivity contribution is 0.400. The Hall–Kier alpha value is -0.670. The van der Waals surface area contributed by atoms with Gasteiger partial charge in [0.05, 0.1) is 7.11 Å². The molecule has 1 aromatic rings. The summed E-state index contributed by atoms with van der Waals surface area (Å²) in [4.78, 5) is 1.38. The van der Waals surface area contributed by atoms with Gasteiger partial charge in [-0.25, -0.2) is 0 Å². The van der Waals surface area contributed by atoms with Gasteiger partial charge >= 0.3 is 0 Å². The Labute approximate surface area is 127 Å². The molecule has 0 aromatic heterocycles. The maximum atomic E-state index is 5.57. The molecule has 112 valence electrons. The molecular weight excluding hydrogens is 266 g/mol. The molecule has 0 amide bonds. The van der Waals surface area contributed by atoms with Crippen LogP contribution in [0.15, 0.2) is 23.1 Å². The van der Waals surface area contributed by atoms with E-state index in [1.165, 1.54) is 41.9 Å². The van der Waals surface area contributed by atoms with Crippen molar-refractivity contribution in [2.75, 3.05) is 19.4 Å². The summed E-state index contributed by atoms with van der Waals surface area (Å²) in [5.74, 6) is 3.17.